The molecule has 2 rings (SSSR count). The molecule has 102 valence electrons. The van der Waals surface area contributed by atoms with E-state index in [1.807, 2.05) is 24.5 Å². The molecule has 0 saturated carbocycles. The zero-order chi connectivity index (χ0) is 14.6. The molecule has 0 amide bonds. The highest BCUT2D eigenvalue weighted by molar-refractivity contribution is 7.98. The van der Waals surface area contributed by atoms with Crippen molar-refractivity contribution in [2.45, 2.75) is 9.79 Å². The van der Waals surface area contributed by atoms with E-state index in [-0.39, 0.29) is 4.90 Å². The van der Waals surface area contributed by atoms with Gasteiger partial charge >= 0.3 is 0 Å². The van der Waals surface area contributed by atoms with Gasteiger partial charge in [-0.3, -0.25) is 4.72 Å². The molecule has 0 aromatic heterocycles. The van der Waals surface area contributed by atoms with Crippen molar-refractivity contribution >= 4 is 27.5 Å². The van der Waals surface area contributed by atoms with Gasteiger partial charge in [0.25, 0.3) is 10.0 Å². The molecule has 4 nitrogen and oxygen atoms in total. The third kappa shape index (κ3) is 3.32. The van der Waals surface area contributed by atoms with Gasteiger partial charge < -0.3 is 0 Å². The molecule has 0 aliphatic carbocycles. The lowest BCUT2D eigenvalue weighted by Gasteiger charge is -2.08. The second-order valence-electron chi connectivity index (χ2n) is 3.97. The summed E-state index contributed by atoms with van der Waals surface area (Å²) in [4.78, 5) is 1.13. The zero-order valence-corrected chi connectivity index (χ0v) is 12.3. The Hall–Kier alpha value is -1.97. The average Bonchev–Trinajstić information content (AvgIpc) is 2.48. The first-order chi connectivity index (χ1) is 9.55. The van der Waals surface area contributed by atoms with E-state index in [0.717, 1.165) is 4.90 Å². The number of anilines is 1. The number of sulfonamides is 1. The summed E-state index contributed by atoms with van der Waals surface area (Å²) in [7, 11) is -3.67. The van der Waals surface area contributed by atoms with Crippen molar-refractivity contribution in [2.24, 2.45) is 0 Å². The molecule has 0 aliphatic rings. The zero-order valence-electron chi connectivity index (χ0n) is 10.7. The molecule has 2 aromatic carbocycles. The minimum absolute atomic E-state index is 0.0745. The highest BCUT2D eigenvalue weighted by atomic mass is 32.2. The summed E-state index contributed by atoms with van der Waals surface area (Å²) in [5.41, 5.74) is 0.802. The van der Waals surface area contributed by atoms with Crippen LogP contribution in [0.25, 0.3) is 0 Å². The van der Waals surface area contributed by atoms with Crippen molar-refractivity contribution in [3.63, 3.8) is 0 Å². The molecule has 0 fully saturated rings. The Bertz CT molecular complexity index is 747. The number of rotatable bonds is 4. The van der Waals surface area contributed by atoms with Gasteiger partial charge in [0.2, 0.25) is 0 Å². The van der Waals surface area contributed by atoms with Crippen molar-refractivity contribution in [1.29, 1.82) is 5.26 Å². The summed E-state index contributed by atoms with van der Waals surface area (Å²) in [6, 6.07) is 14.9. The van der Waals surface area contributed by atoms with Gasteiger partial charge in [-0.15, -0.1) is 11.8 Å². The largest absolute Gasteiger partial charge is 0.280 e. The molecule has 0 unspecified atom stereocenters. The van der Waals surface area contributed by atoms with Crippen LogP contribution in [0.3, 0.4) is 0 Å². The molecule has 0 radical (unpaired) electrons. The fourth-order valence-electron chi connectivity index (χ4n) is 1.61. The number of nitriles is 1. The fourth-order valence-corrected chi connectivity index (χ4v) is 3.12. The molecule has 1 N–H and O–H groups in total. The Morgan fingerprint density at radius 3 is 2.45 bits per heavy atom. The average molecular weight is 304 g/mol. The first-order valence-electron chi connectivity index (χ1n) is 5.72. The van der Waals surface area contributed by atoms with E-state index in [0.29, 0.717) is 11.3 Å². The fraction of sp³-hybridized carbons (Fsp3) is 0.0714. The molecule has 0 aliphatic heterocycles. The molecule has 6 heteroatoms. The standard InChI is InChI=1S/C14H12N2O2S2/c1-19-13-7-5-12(6-8-13)16-20(17,18)14-4-2-3-11(9-14)10-15/h2-9,16H,1H3. The molecular weight excluding hydrogens is 292 g/mol. The first kappa shape index (κ1) is 14.4. The van der Waals surface area contributed by atoms with Gasteiger partial charge in [-0.1, -0.05) is 6.07 Å². The van der Waals surface area contributed by atoms with Gasteiger partial charge in [-0.2, -0.15) is 5.26 Å². The van der Waals surface area contributed by atoms with E-state index >= 15 is 0 Å². The van der Waals surface area contributed by atoms with Crippen molar-refractivity contribution in [1.82, 2.24) is 0 Å². The smallest absolute Gasteiger partial charge is 0.261 e. The Morgan fingerprint density at radius 1 is 1.15 bits per heavy atom. The SMILES string of the molecule is CSc1ccc(NS(=O)(=O)c2cccc(C#N)c2)cc1. The van der Waals surface area contributed by atoms with E-state index in [1.165, 1.54) is 12.1 Å². The normalized spacial score (nSPS) is 10.8. The van der Waals surface area contributed by atoms with Crippen LogP contribution in [0.1, 0.15) is 5.56 Å². The molecule has 0 atom stereocenters. The van der Waals surface area contributed by atoms with Crippen LogP contribution >= 0.6 is 11.8 Å². The first-order valence-corrected chi connectivity index (χ1v) is 8.43. The van der Waals surface area contributed by atoms with Crippen LogP contribution in [-0.4, -0.2) is 14.7 Å². The quantitative estimate of drug-likeness (QED) is 0.881. The number of thioether (sulfide) groups is 1. The van der Waals surface area contributed by atoms with Gasteiger partial charge in [-0.25, -0.2) is 8.42 Å². The minimum Gasteiger partial charge on any atom is -0.280 e. The summed E-state index contributed by atoms with van der Waals surface area (Å²) < 4.78 is 26.9. The summed E-state index contributed by atoms with van der Waals surface area (Å²) >= 11 is 1.58. The Kier molecular flexibility index (Phi) is 4.32. The predicted octanol–water partition coefficient (Wildman–Crippen LogP) is 3.08. The lowest BCUT2D eigenvalue weighted by Crippen LogP contribution is -2.12. The van der Waals surface area contributed by atoms with Crippen LogP contribution in [0.15, 0.2) is 58.3 Å². The summed E-state index contributed by atoms with van der Waals surface area (Å²) in [5.74, 6) is 0. The number of benzene rings is 2. The number of nitrogens with zero attached hydrogens (tertiary/aromatic N) is 1. The van der Waals surface area contributed by atoms with E-state index in [9.17, 15) is 8.42 Å². The molecule has 0 heterocycles. The monoisotopic (exact) mass is 304 g/mol. The second-order valence-corrected chi connectivity index (χ2v) is 6.54. The van der Waals surface area contributed by atoms with Crippen molar-refractivity contribution < 1.29 is 8.42 Å². The van der Waals surface area contributed by atoms with Gasteiger partial charge in [0.1, 0.15) is 0 Å². The summed E-state index contributed by atoms with van der Waals surface area (Å²) in [5, 5.41) is 8.81. The van der Waals surface area contributed by atoms with E-state index in [4.69, 9.17) is 5.26 Å². The summed E-state index contributed by atoms with van der Waals surface area (Å²) in [6.07, 6.45) is 1.95. The van der Waals surface area contributed by atoms with Gasteiger partial charge in [0.05, 0.1) is 16.5 Å². The van der Waals surface area contributed by atoms with Crippen LogP contribution in [0.2, 0.25) is 0 Å². The minimum atomic E-state index is -3.67. The molecule has 0 saturated heterocycles. The molecule has 2 aromatic rings. The summed E-state index contributed by atoms with van der Waals surface area (Å²) in [6.45, 7) is 0. The Balaban J connectivity index is 2.28. The van der Waals surface area contributed by atoms with Crippen LogP contribution in [0.4, 0.5) is 5.69 Å². The third-order valence-corrected chi connectivity index (χ3v) is 4.74. The van der Waals surface area contributed by atoms with Crippen molar-refractivity contribution in [2.75, 3.05) is 11.0 Å². The maximum Gasteiger partial charge on any atom is 0.261 e. The second kappa shape index (κ2) is 5.99. The van der Waals surface area contributed by atoms with Crippen molar-refractivity contribution in [3.05, 3.63) is 54.1 Å². The number of hydrogen-bond donors (Lipinski definition) is 1. The topological polar surface area (TPSA) is 70.0 Å². The van der Waals surface area contributed by atoms with Crippen LogP contribution in [-0.2, 0) is 10.0 Å². The van der Waals surface area contributed by atoms with Crippen LogP contribution < -0.4 is 4.72 Å². The van der Waals surface area contributed by atoms with E-state index in [2.05, 4.69) is 4.72 Å². The van der Waals surface area contributed by atoms with Crippen LogP contribution in [0, 0.1) is 11.3 Å². The Labute approximate surface area is 122 Å². The van der Waals surface area contributed by atoms with Gasteiger partial charge in [0.15, 0.2) is 0 Å². The Morgan fingerprint density at radius 2 is 1.85 bits per heavy atom. The van der Waals surface area contributed by atoms with E-state index in [1.54, 1.807) is 36.0 Å². The highest BCUT2D eigenvalue weighted by Gasteiger charge is 2.14. The maximum absolute atomic E-state index is 12.2. The lowest BCUT2D eigenvalue weighted by molar-refractivity contribution is 0.601. The molecule has 0 spiro atoms. The number of hydrogen-bond acceptors (Lipinski definition) is 4. The lowest BCUT2D eigenvalue weighted by atomic mass is 10.2. The van der Waals surface area contributed by atoms with E-state index < -0.39 is 10.0 Å². The number of nitrogens with one attached hydrogen (secondary N) is 1. The van der Waals surface area contributed by atoms with Gasteiger partial charge in [-0.05, 0) is 48.7 Å². The predicted molar refractivity (Wildman–Crippen MR) is 80.2 cm³/mol. The van der Waals surface area contributed by atoms with Crippen LogP contribution in [0.5, 0.6) is 0 Å². The van der Waals surface area contributed by atoms with Gasteiger partial charge in [0, 0.05) is 10.6 Å². The maximum atomic E-state index is 12.2. The molecule has 20 heavy (non-hydrogen) atoms. The third-order valence-electron chi connectivity index (χ3n) is 2.62. The highest BCUT2D eigenvalue weighted by Crippen LogP contribution is 2.20. The molecular formula is C14H12N2O2S2. The van der Waals surface area contributed by atoms with Crippen molar-refractivity contribution in [3.8, 4) is 6.07 Å². The molecule has 0 bridgehead atoms.